The third kappa shape index (κ3) is 4.99. The maximum Gasteiger partial charge on any atom is 0.238 e. The minimum absolute atomic E-state index is 0.0304. The van der Waals surface area contributed by atoms with Gasteiger partial charge in [0.25, 0.3) is 0 Å². The van der Waals surface area contributed by atoms with Crippen LogP contribution < -0.4 is 20.1 Å². The van der Waals surface area contributed by atoms with E-state index in [0.29, 0.717) is 18.0 Å². The molecule has 0 unspecified atom stereocenters. The molecule has 24 heavy (non-hydrogen) atoms. The first-order valence-electron chi connectivity index (χ1n) is 8.15. The van der Waals surface area contributed by atoms with E-state index in [0.717, 1.165) is 23.9 Å². The predicted molar refractivity (Wildman–Crippen MR) is 93.7 cm³/mol. The minimum Gasteiger partial charge on any atom is -0.497 e. The molecule has 0 saturated heterocycles. The summed E-state index contributed by atoms with van der Waals surface area (Å²) in [4.78, 5) is 11.8. The quantitative estimate of drug-likeness (QED) is 0.780. The van der Waals surface area contributed by atoms with Gasteiger partial charge in [0.05, 0.1) is 13.7 Å². The fourth-order valence-corrected chi connectivity index (χ4v) is 2.32. The number of carbonyl (C=O) groups is 1. The number of carbonyl (C=O) groups excluding carboxylic acids is 1. The standard InChI is InChI=1S/C19H22N2O3/c1-23-17-3-2-4-18(11-17)24-16-9-7-15(8-10-16)21-19(22)13-20-12-14-5-6-14/h2-4,7-11,14,20H,5-6,12-13H2,1H3,(H,21,22). The number of amides is 1. The van der Waals surface area contributed by atoms with Crippen molar-refractivity contribution in [1.29, 1.82) is 0 Å². The fraction of sp³-hybridized carbons (Fsp3) is 0.316. The molecule has 2 aromatic carbocycles. The van der Waals surface area contributed by atoms with E-state index in [-0.39, 0.29) is 5.91 Å². The number of methoxy groups -OCH3 is 1. The number of nitrogens with one attached hydrogen (secondary N) is 2. The molecule has 126 valence electrons. The van der Waals surface area contributed by atoms with Gasteiger partial charge in [-0.1, -0.05) is 6.07 Å². The monoisotopic (exact) mass is 326 g/mol. The minimum atomic E-state index is -0.0304. The third-order valence-corrected chi connectivity index (χ3v) is 3.83. The summed E-state index contributed by atoms with van der Waals surface area (Å²) in [7, 11) is 1.62. The molecule has 0 aromatic heterocycles. The van der Waals surface area contributed by atoms with Crippen molar-refractivity contribution in [3.63, 3.8) is 0 Å². The van der Waals surface area contributed by atoms with E-state index in [2.05, 4.69) is 10.6 Å². The molecule has 1 saturated carbocycles. The number of rotatable bonds is 8. The summed E-state index contributed by atoms with van der Waals surface area (Å²) in [6, 6.07) is 14.7. The maximum atomic E-state index is 11.8. The number of hydrogen-bond donors (Lipinski definition) is 2. The van der Waals surface area contributed by atoms with Crippen LogP contribution in [0.25, 0.3) is 0 Å². The van der Waals surface area contributed by atoms with Crippen LogP contribution in [0.3, 0.4) is 0 Å². The molecular formula is C19H22N2O3. The lowest BCUT2D eigenvalue weighted by Crippen LogP contribution is -2.29. The lowest BCUT2D eigenvalue weighted by atomic mass is 10.3. The molecular weight excluding hydrogens is 304 g/mol. The number of benzene rings is 2. The van der Waals surface area contributed by atoms with Crippen LogP contribution in [0.2, 0.25) is 0 Å². The first kappa shape index (κ1) is 16.3. The summed E-state index contributed by atoms with van der Waals surface area (Å²) in [5, 5.41) is 6.04. The van der Waals surface area contributed by atoms with Crippen molar-refractivity contribution < 1.29 is 14.3 Å². The highest BCUT2D eigenvalue weighted by Crippen LogP contribution is 2.27. The van der Waals surface area contributed by atoms with Crippen molar-refractivity contribution in [2.45, 2.75) is 12.8 Å². The summed E-state index contributed by atoms with van der Waals surface area (Å²) >= 11 is 0. The SMILES string of the molecule is COc1cccc(Oc2ccc(NC(=O)CNCC3CC3)cc2)c1. The van der Waals surface area contributed by atoms with Gasteiger partial charge in [0.2, 0.25) is 5.91 Å². The summed E-state index contributed by atoms with van der Waals surface area (Å²) in [6.07, 6.45) is 2.56. The molecule has 1 aliphatic rings. The highest BCUT2D eigenvalue weighted by Gasteiger charge is 2.20. The summed E-state index contributed by atoms with van der Waals surface area (Å²) in [6.45, 7) is 1.28. The average molecular weight is 326 g/mol. The van der Waals surface area contributed by atoms with Crippen LogP contribution in [0.1, 0.15) is 12.8 Å². The van der Waals surface area contributed by atoms with Gasteiger partial charge in [-0.3, -0.25) is 4.79 Å². The molecule has 5 heteroatoms. The first-order chi connectivity index (χ1) is 11.7. The second-order valence-corrected chi connectivity index (χ2v) is 5.93. The van der Waals surface area contributed by atoms with Gasteiger partial charge < -0.3 is 20.1 Å². The smallest absolute Gasteiger partial charge is 0.238 e. The highest BCUT2D eigenvalue weighted by atomic mass is 16.5. The van der Waals surface area contributed by atoms with E-state index in [1.54, 1.807) is 7.11 Å². The van der Waals surface area contributed by atoms with Gasteiger partial charge >= 0.3 is 0 Å². The Morgan fingerprint density at radius 3 is 2.54 bits per heavy atom. The predicted octanol–water partition coefficient (Wildman–Crippen LogP) is 3.43. The van der Waals surface area contributed by atoms with Gasteiger partial charge in [-0.2, -0.15) is 0 Å². The zero-order valence-electron chi connectivity index (χ0n) is 13.7. The van der Waals surface area contributed by atoms with Crippen molar-refractivity contribution in [2.24, 2.45) is 5.92 Å². The van der Waals surface area contributed by atoms with E-state index in [9.17, 15) is 4.79 Å². The molecule has 3 rings (SSSR count). The van der Waals surface area contributed by atoms with Crippen LogP contribution in [0.4, 0.5) is 5.69 Å². The van der Waals surface area contributed by atoms with Gasteiger partial charge in [-0.25, -0.2) is 0 Å². The zero-order valence-corrected chi connectivity index (χ0v) is 13.7. The third-order valence-electron chi connectivity index (χ3n) is 3.83. The largest absolute Gasteiger partial charge is 0.497 e. The molecule has 0 heterocycles. The number of ether oxygens (including phenoxy) is 2. The van der Waals surface area contributed by atoms with E-state index in [1.807, 2.05) is 48.5 Å². The summed E-state index contributed by atoms with van der Waals surface area (Å²) < 4.78 is 10.9. The maximum absolute atomic E-state index is 11.8. The Labute approximate surface area is 142 Å². The van der Waals surface area contributed by atoms with Gasteiger partial charge in [0, 0.05) is 11.8 Å². The van der Waals surface area contributed by atoms with Crippen molar-refractivity contribution in [2.75, 3.05) is 25.5 Å². The van der Waals surface area contributed by atoms with Crippen LogP contribution in [-0.2, 0) is 4.79 Å². The van der Waals surface area contributed by atoms with Gasteiger partial charge in [-0.15, -0.1) is 0 Å². The molecule has 2 N–H and O–H groups in total. The molecule has 0 aliphatic heterocycles. The zero-order chi connectivity index (χ0) is 16.8. The highest BCUT2D eigenvalue weighted by molar-refractivity contribution is 5.92. The number of hydrogen-bond acceptors (Lipinski definition) is 4. The Hall–Kier alpha value is -2.53. The Balaban J connectivity index is 1.49. The Bertz CT molecular complexity index is 681. The van der Waals surface area contributed by atoms with E-state index >= 15 is 0 Å². The molecule has 2 aromatic rings. The van der Waals surface area contributed by atoms with Crippen molar-refractivity contribution in [3.8, 4) is 17.2 Å². The van der Waals surface area contributed by atoms with E-state index in [4.69, 9.17) is 9.47 Å². The molecule has 0 atom stereocenters. The Morgan fingerprint density at radius 2 is 1.83 bits per heavy atom. The van der Waals surface area contributed by atoms with Gasteiger partial charge in [0.15, 0.2) is 0 Å². The average Bonchev–Trinajstić information content (AvgIpc) is 3.41. The van der Waals surface area contributed by atoms with Crippen LogP contribution in [0.15, 0.2) is 48.5 Å². The fourth-order valence-electron chi connectivity index (χ4n) is 2.32. The molecule has 5 nitrogen and oxygen atoms in total. The second kappa shape index (κ2) is 7.84. The lowest BCUT2D eigenvalue weighted by Gasteiger charge is -2.09. The Morgan fingerprint density at radius 1 is 1.08 bits per heavy atom. The summed E-state index contributed by atoms with van der Waals surface area (Å²) in [5.41, 5.74) is 0.756. The molecule has 1 fully saturated rings. The Kier molecular flexibility index (Phi) is 5.33. The molecule has 1 aliphatic carbocycles. The van der Waals surface area contributed by atoms with Crippen molar-refractivity contribution in [3.05, 3.63) is 48.5 Å². The lowest BCUT2D eigenvalue weighted by molar-refractivity contribution is -0.115. The molecule has 0 spiro atoms. The van der Waals surface area contributed by atoms with Crippen LogP contribution in [0, 0.1) is 5.92 Å². The van der Waals surface area contributed by atoms with E-state index in [1.165, 1.54) is 12.8 Å². The van der Waals surface area contributed by atoms with Crippen LogP contribution in [-0.4, -0.2) is 26.1 Å². The van der Waals surface area contributed by atoms with Crippen molar-refractivity contribution in [1.82, 2.24) is 5.32 Å². The normalized spacial score (nSPS) is 13.4. The first-order valence-corrected chi connectivity index (χ1v) is 8.15. The van der Waals surface area contributed by atoms with Crippen LogP contribution in [0.5, 0.6) is 17.2 Å². The topological polar surface area (TPSA) is 59.6 Å². The van der Waals surface area contributed by atoms with Crippen LogP contribution >= 0.6 is 0 Å². The van der Waals surface area contributed by atoms with Gasteiger partial charge in [0.1, 0.15) is 17.2 Å². The van der Waals surface area contributed by atoms with Gasteiger partial charge in [-0.05, 0) is 61.7 Å². The van der Waals surface area contributed by atoms with E-state index < -0.39 is 0 Å². The summed E-state index contributed by atoms with van der Waals surface area (Å²) in [5.74, 6) is 2.89. The van der Waals surface area contributed by atoms with Crippen molar-refractivity contribution >= 4 is 11.6 Å². The molecule has 0 bridgehead atoms. The molecule has 0 radical (unpaired) electrons. The number of anilines is 1. The second-order valence-electron chi connectivity index (χ2n) is 5.93. The molecule has 1 amide bonds.